The van der Waals surface area contributed by atoms with E-state index in [0.29, 0.717) is 6.20 Å². The van der Waals surface area contributed by atoms with Crippen molar-refractivity contribution in [1.82, 2.24) is 4.98 Å². The Kier molecular flexibility index (Phi) is 3.88. The average Bonchev–Trinajstić information content (AvgIpc) is 2.17. The lowest BCUT2D eigenvalue weighted by molar-refractivity contribution is -0.141. The summed E-state index contributed by atoms with van der Waals surface area (Å²) in [5, 5.41) is 8.47. The minimum atomic E-state index is -5.05. The van der Waals surface area contributed by atoms with Crippen molar-refractivity contribution in [3.63, 3.8) is 0 Å². The fourth-order valence-corrected chi connectivity index (χ4v) is 1.56. The topological polar surface area (TPSA) is 50.2 Å². The molecule has 0 bridgehead atoms. The molecule has 1 N–H and O–H groups in total. The molecule has 0 amide bonds. The van der Waals surface area contributed by atoms with E-state index in [1.807, 2.05) is 0 Å². The summed E-state index contributed by atoms with van der Waals surface area (Å²) in [5.41, 5.74) is -4.10. The molecule has 0 radical (unpaired) electrons. The van der Waals surface area contributed by atoms with Crippen LogP contribution in [0.4, 0.5) is 22.0 Å². The van der Waals surface area contributed by atoms with Crippen LogP contribution in [0.25, 0.3) is 0 Å². The fourth-order valence-electron chi connectivity index (χ4n) is 1.56. The van der Waals surface area contributed by atoms with Crippen molar-refractivity contribution in [1.29, 1.82) is 0 Å². The number of halogens is 5. The minimum Gasteiger partial charge on any atom is -0.481 e. The van der Waals surface area contributed by atoms with Crippen LogP contribution in [0.2, 0.25) is 0 Å². The predicted molar refractivity (Wildman–Crippen MR) is 50.3 cm³/mol. The highest BCUT2D eigenvalue weighted by Gasteiger charge is 2.39. The Morgan fingerprint density at radius 2 is 2.00 bits per heavy atom. The second kappa shape index (κ2) is 4.87. The number of pyridine rings is 1. The van der Waals surface area contributed by atoms with Crippen LogP contribution in [0.15, 0.2) is 6.20 Å². The molecule has 8 heteroatoms. The zero-order valence-corrected chi connectivity index (χ0v) is 9.05. The average molecular weight is 269 g/mol. The van der Waals surface area contributed by atoms with Gasteiger partial charge in [0.2, 0.25) is 0 Å². The largest absolute Gasteiger partial charge is 0.481 e. The van der Waals surface area contributed by atoms with Crippen LogP contribution in [0.1, 0.15) is 28.8 Å². The number of hydrogen-bond acceptors (Lipinski definition) is 2. The molecule has 0 atom stereocenters. The summed E-state index contributed by atoms with van der Waals surface area (Å²) in [5.74, 6) is -1.55. The van der Waals surface area contributed by atoms with Gasteiger partial charge in [-0.25, -0.2) is 8.78 Å². The number of aryl methyl sites for hydroxylation is 1. The summed E-state index contributed by atoms with van der Waals surface area (Å²) < 4.78 is 63.5. The van der Waals surface area contributed by atoms with Crippen molar-refractivity contribution >= 4 is 5.97 Å². The number of aromatic nitrogens is 1. The van der Waals surface area contributed by atoms with E-state index in [2.05, 4.69) is 4.98 Å². The summed E-state index contributed by atoms with van der Waals surface area (Å²) >= 11 is 0. The van der Waals surface area contributed by atoms with Gasteiger partial charge in [-0.3, -0.25) is 9.78 Å². The van der Waals surface area contributed by atoms with Gasteiger partial charge in [-0.15, -0.1) is 0 Å². The summed E-state index contributed by atoms with van der Waals surface area (Å²) in [6, 6.07) is 0. The van der Waals surface area contributed by atoms with E-state index in [1.54, 1.807) is 0 Å². The third-order valence-corrected chi connectivity index (χ3v) is 2.24. The van der Waals surface area contributed by atoms with Crippen LogP contribution in [-0.4, -0.2) is 16.1 Å². The molecular formula is C10H8F5NO2. The summed E-state index contributed by atoms with van der Waals surface area (Å²) in [4.78, 5) is 13.8. The van der Waals surface area contributed by atoms with Gasteiger partial charge >= 0.3 is 12.1 Å². The van der Waals surface area contributed by atoms with Crippen molar-refractivity contribution in [3.05, 3.63) is 28.6 Å². The summed E-state index contributed by atoms with van der Waals surface area (Å²) in [7, 11) is 0. The van der Waals surface area contributed by atoms with Crippen molar-refractivity contribution in [2.45, 2.75) is 25.9 Å². The molecule has 0 saturated carbocycles. The first-order chi connectivity index (χ1) is 8.14. The van der Waals surface area contributed by atoms with Gasteiger partial charge < -0.3 is 5.11 Å². The first kappa shape index (κ1) is 14.3. The first-order valence-electron chi connectivity index (χ1n) is 4.70. The van der Waals surface area contributed by atoms with E-state index < -0.39 is 47.4 Å². The highest BCUT2D eigenvalue weighted by molar-refractivity contribution is 5.71. The van der Waals surface area contributed by atoms with E-state index in [0.717, 1.165) is 6.92 Å². The van der Waals surface area contributed by atoms with Gasteiger partial charge in [0.1, 0.15) is 0 Å². The monoisotopic (exact) mass is 269 g/mol. The molecule has 0 unspecified atom stereocenters. The van der Waals surface area contributed by atoms with E-state index in [-0.39, 0.29) is 0 Å². The number of rotatable bonds is 3. The maximum atomic E-state index is 12.7. The lowest BCUT2D eigenvalue weighted by Gasteiger charge is -2.17. The third kappa shape index (κ3) is 2.93. The highest BCUT2D eigenvalue weighted by atomic mass is 19.4. The van der Waals surface area contributed by atoms with Crippen LogP contribution >= 0.6 is 0 Å². The standard InChI is InChI=1S/C10H8F5NO2/c1-4-7(9(11)12)8(10(13,14)15)5(3-16-4)2-6(17)18/h3,9H,2H2,1H3,(H,17,18). The second-order valence-electron chi connectivity index (χ2n) is 3.53. The smallest absolute Gasteiger partial charge is 0.417 e. The molecule has 1 aromatic heterocycles. The van der Waals surface area contributed by atoms with Crippen molar-refractivity contribution in [2.75, 3.05) is 0 Å². The van der Waals surface area contributed by atoms with Crippen LogP contribution < -0.4 is 0 Å². The van der Waals surface area contributed by atoms with Gasteiger partial charge in [0.25, 0.3) is 6.43 Å². The zero-order chi connectivity index (χ0) is 14.1. The lowest BCUT2D eigenvalue weighted by Crippen LogP contribution is -2.17. The molecule has 100 valence electrons. The van der Waals surface area contributed by atoms with E-state index in [9.17, 15) is 26.7 Å². The van der Waals surface area contributed by atoms with Crippen molar-refractivity contribution in [2.24, 2.45) is 0 Å². The molecule has 18 heavy (non-hydrogen) atoms. The molecule has 0 saturated heterocycles. The van der Waals surface area contributed by atoms with Crippen LogP contribution in [0.3, 0.4) is 0 Å². The van der Waals surface area contributed by atoms with Gasteiger partial charge in [-0.1, -0.05) is 0 Å². The molecule has 0 aliphatic heterocycles. The van der Waals surface area contributed by atoms with Gasteiger partial charge in [0.15, 0.2) is 0 Å². The fraction of sp³-hybridized carbons (Fsp3) is 0.400. The SMILES string of the molecule is Cc1ncc(CC(=O)O)c(C(F)(F)F)c1C(F)F. The Morgan fingerprint density at radius 1 is 1.44 bits per heavy atom. The Morgan fingerprint density at radius 3 is 2.39 bits per heavy atom. The minimum absolute atomic E-state index is 0.466. The molecule has 0 aromatic carbocycles. The third-order valence-electron chi connectivity index (χ3n) is 2.24. The number of carboxylic acid groups (broad SMARTS) is 1. The predicted octanol–water partition coefficient (Wildman–Crippen LogP) is 2.97. The van der Waals surface area contributed by atoms with Gasteiger partial charge in [-0.05, 0) is 12.5 Å². The number of carboxylic acids is 1. The molecule has 1 rings (SSSR count). The normalized spacial score (nSPS) is 11.9. The number of hydrogen-bond donors (Lipinski definition) is 1. The second-order valence-corrected chi connectivity index (χ2v) is 3.53. The molecule has 0 aliphatic carbocycles. The van der Waals surface area contributed by atoms with Crippen molar-refractivity contribution in [3.8, 4) is 0 Å². The van der Waals surface area contributed by atoms with E-state index in [4.69, 9.17) is 5.11 Å². The van der Waals surface area contributed by atoms with Crippen LogP contribution in [0, 0.1) is 6.92 Å². The van der Waals surface area contributed by atoms with E-state index >= 15 is 0 Å². The van der Waals surface area contributed by atoms with Crippen molar-refractivity contribution < 1.29 is 31.9 Å². The van der Waals surface area contributed by atoms with Gasteiger partial charge in [-0.2, -0.15) is 13.2 Å². The maximum Gasteiger partial charge on any atom is 0.417 e. The Bertz CT molecular complexity index is 470. The molecule has 0 fully saturated rings. The maximum absolute atomic E-state index is 12.7. The molecule has 0 aliphatic rings. The zero-order valence-electron chi connectivity index (χ0n) is 9.05. The summed E-state index contributed by atoms with van der Waals surface area (Å²) in [6.45, 7) is 1.02. The van der Waals surface area contributed by atoms with E-state index in [1.165, 1.54) is 0 Å². The Hall–Kier alpha value is -1.73. The molecule has 3 nitrogen and oxygen atoms in total. The molecule has 0 spiro atoms. The van der Waals surface area contributed by atoms with Gasteiger partial charge in [0, 0.05) is 11.9 Å². The number of alkyl halides is 5. The lowest BCUT2D eigenvalue weighted by atomic mass is 9.99. The Balaban J connectivity index is 3.54. The molecule has 1 aromatic rings. The summed E-state index contributed by atoms with van der Waals surface area (Å²) in [6.07, 6.45) is -8.77. The van der Waals surface area contributed by atoms with Crippen LogP contribution in [0.5, 0.6) is 0 Å². The number of aliphatic carboxylic acids is 1. The number of carbonyl (C=O) groups is 1. The molecule has 1 heterocycles. The number of nitrogens with zero attached hydrogens (tertiary/aromatic N) is 1. The Labute approximate surface area is 98.3 Å². The first-order valence-corrected chi connectivity index (χ1v) is 4.70. The van der Waals surface area contributed by atoms with Gasteiger partial charge in [0.05, 0.1) is 17.5 Å². The van der Waals surface area contributed by atoms with Crippen LogP contribution in [-0.2, 0) is 17.4 Å². The quantitative estimate of drug-likeness (QED) is 0.858. The molecular weight excluding hydrogens is 261 g/mol. The highest BCUT2D eigenvalue weighted by Crippen LogP contribution is 2.39.